The second kappa shape index (κ2) is 7.92. The Morgan fingerprint density at radius 3 is 2.46 bits per heavy atom. The fraction of sp³-hybridized carbons (Fsp3) is 0.353. The molecule has 2 rings (SSSR count). The molecule has 24 heavy (non-hydrogen) atoms. The monoisotopic (exact) mass is 347 g/mol. The van der Waals surface area contributed by atoms with E-state index in [1.54, 1.807) is 42.7 Å². The number of hydrogen-bond donors (Lipinski definition) is 2. The molecule has 0 aliphatic rings. The third kappa shape index (κ3) is 4.55. The van der Waals surface area contributed by atoms with Crippen LogP contribution in [-0.2, 0) is 4.79 Å². The Balaban J connectivity index is 1.85. The Morgan fingerprint density at radius 1 is 1.25 bits per heavy atom. The Bertz CT molecular complexity index is 725. The first-order valence-corrected chi connectivity index (χ1v) is 8.38. The highest BCUT2D eigenvalue weighted by Gasteiger charge is 2.16. The normalized spacial score (nSPS) is 11.7. The third-order valence-corrected chi connectivity index (χ3v) is 4.73. The molecule has 2 amide bonds. The smallest absolute Gasteiger partial charge is 0.251 e. The number of benzene rings is 1. The highest BCUT2D eigenvalue weighted by atomic mass is 32.1. The van der Waals surface area contributed by atoms with E-state index in [0.29, 0.717) is 11.3 Å². The zero-order valence-corrected chi connectivity index (χ0v) is 15.0. The van der Waals surface area contributed by atoms with Crippen molar-refractivity contribution in [1.29, 1.82) is 0 Å². The number of nitrogens with zero attached hydrogens (tertiary/aromatic N) is 1. The number of thiazole rings is 1. The van der Waals surface area contributed by atoms with Crippen LogP contribution in [0.3, 0.4) is 0 Å². The van der Waals surface area contributed by atoms with Gasteiger partial charge in [0.15, 0.2) is 0 Å². The first kappa shape index (κ1) is 17.9. The fourth-order valence-corrected chi connectivity index (χ4v) is 3.24. The van der Waals surface area contributed by atoms with Crippen molar-refractivity contribution in [2.24, 2.45) is 0 Å². The maximum absolute atomic E-state index is 12.0. The number of rotatable bonds is 6. The summed E-state index contributed by atoms with van der Waals surface area (Å²) in [4.78, 5) is 29.4. The fourth-order valence-electron chi connectivity index (χ4n) is 2.31. The summed E-state index contributed by atoms with van der Waals surface area (Å²) >= 11 is 1.56. The second-order valence-corrected chi connectivity index (χ2v) is 6.62. The molecule has 1 atom stereocenters. The van der Waals surface area contributed by atoms with Gasteiger partial charge in [-0.1, -0.05) is 0 Å². The van der Waals surface area contributed by atoms with E-state index in [2.05, 4.69) is 15.6 Å². The minimum Gasteiger partial charge on any atom is -0.497 e. The molecule has 0 bridgehead atoms. The molecule has 2 N–H and O–H groups in total. The van der Waals surface area contributed by atoms with Crippen LogP contribution in [0.4, 0.5) is 0 Å². The summed E-state index contributed by atoms with van der Waals surface area (Å²) in [6, 6.07) is 6.57. The van der Waals surface area contributed by atoms with Crippen molar-refractivity contribution in [2.75, 3.05) is 13.7 Å². The minimum absolute atomic E-state index is 0.0773. The summed E-state index contributed by atoms with van der Waals surface area (Å²) in [5.74, 6) is 0.133. The van der Waals surface area contributed by atoms with Gasteiger partial charge in [-0.15, -0.1) is 11.3 Å². The van der Waals surface area contributed by atoms with E-state index in [1.165, 1.54) is 0 Å². The number of aryl methyl sites for hydroxylation is 2. The highest BCUT2D eigenvalue weighted by molar-refractivity contribution is 7.11. The van der Waals surface area contributed by atoms with Crippen molar-refractivity contribution in [2.45, 2.75) is 26.8 Å². The van der Waals surface area contributed by atoms with E-state index in [0.717, 1.165) is 15.6 Å². The number of aromatic nitrogens is 1. The van der Waals surface area contributed by atoms with E-state index < -0.39 is 0 Å². The van der Waals surface area contributed by atoms with Crippen LogP contribution >= 0.6 is 11.3 Å². The SMILES string of the molecule is COc1ccc(C(=O)NCC(=O)N[C@@H](C)c2sc(C)nc2C)cc1. The van der Waals surface area contributed by atoms with Crippen LogP contribution in [0.25, 0.3) is 0 Å². The maximum atomic E-state index is 12.0. The summed E-state index contributed by atoms with van der Waals surface area (Å²) in [7, 11) is 1.56. The predicted molar refractivity (Wildman–Crippen MR) is 93.5 cm³/mol. The molecular weight excluding hydrogens is 326 g/mol. The molecule has 128 valence electrons. The van der Waals surface area contributed by atoms with Crippen LogP contribution in [0.5, 0.6) is 5.75 Å². The molecule has 0 fully saturated rings. The van der Waals surface area contributed by atoms with Gasteiger partial charge in [-0.25, -0.2) is 4.98 Å². The molecule has 0 saturated heterocycles. The summed E-state index contributed by atoms with van der Waals surface area (Å²) in [6.45, 7) is 5.69. The molecule has 0 aliphatic heterocycles. The molecule has 1 aromatic carbocycles. The number of hydrogen-bond acceptors (Lipinski definition) is 5. The van der Waals surface area contributed by atoms with Crippen molar-refractivity contribution in [3.8, 4) is 5.75 Å². The van der Waals surface area contributed by atoms with Crippen molar-refractivity contribution >= 4 is 23.2 Å². The maximum Gasteiger partial charge on any atom is 0.251 e. The zero-order valence-electron chi connectivity index (χ0n) is 14.2. The van der Waals surface area contributed by atoms with Gasteiger partial charge < -0.3 is 15.4 Å². The number of amides is 2. The van der Waals surface area contributed by atoms with Gasteiger partial charge in [0.25, 0.3) is 5.91 Å². The van der Waals surface area contributed by atoms with Gasteiger partial charge in [0.2, 0.25) is 5.91 Å². The summed E-state index contributed by atoms with van der Waals surface area (Å²) < 4.78 is 5.04. The number of methoxy groups -OCH3 is 1. The van der Waals surface area contributed by atoms with Crippen LogP contribution in [0.15, 0.2) is 24.3 Å². The Hall–Kier alpha value is -2.41. The molecule has 1 heterocycles. The van der Waals surface area contributed by atoms with Gasteiger partial charge in [0, 0.05) is 10.4 Å². The molecule has 0 aliphatic carbocycles. The molecule has 1 aromatic heterocycles. The first-order valence-electron chi connectivity index (χ1n) is 7.56. The summed E-state index contributed by atoms with van der Waals surface area (Å²) in [5.41, 5.74) is 1.40. The lowest BCUT2D eigenvalue weighted by Gasteiger charge is -2.13. The van der Waals surface area contributed by atoms with Gasteiger partial charge in [0.1, 0.15) is 5.75 Å². The lowest BCUT2D eigenvalue weighted by molar-refractivity contribution is -0.120. The van der Waals surface area contributed by atoms with Crippen LogP contribution < -0.4 is 15.4 Å². The first-order chi connectivity index (χ1) is 11.4. The van der Waals surface area contributed by atoms with Gasteiger partial charge in [-0.05, 0) is 45.0 Å². The van der Waals surface area contributed by atoms with Crippen LogP contribution in [0.1, 0.15) is 38.9 Å². The zero-order chi connectivity index (χ0) is 17.7. The summed E-state index contributed by atoms with van der Waals surface area (Å²) in [5, 5.41) is 6.45. The average Bonchev–Trinajstić information content (AvgIpc) is 2.91. The van der Waals surface area contributed by atoms with Crippen molar-refractivity contribution in [1.82, 2.24) is 15.6 Å². The molecule has 0 spiro atoms. The molecule has 7 heteroatoms. The predicted octanol–water partition coefficient (Wildman–Crippen LogP) is 2.38. The lowest BCUT2D eigenvalue weighted by atomic mass is 10.2. The third-order valence-electron chi connectivity index (χ3n) is 3.47. The van der Waals surface area contributed by atoms with Crippen LogP contribution in [0, 0.1) is 13.8 Å². The summed E-state index contributed by atoms with van der Waals surface area (Å²) in [6.07, 6.45) is 0. The standard InChI is InChI=1S/C17H21N3O3S/c1-10-16(24-12(3)19-10)11(2)20-15(21)9-18-17(22)13-5-7-14(23-4)8-6-13/h5-8,11H,9H2,1-4H3,(H,18,22)(H,20,21)/t11-/m0/s1. The molecular formula is C17H21N3O3S. The quantitative estimate of drug-likeness (QED) is 0.841. The average molecular weight is 347 g/mol. The Kier molecular flexibility index (Phi) is 5.92. The number of carbonyl (C=O) groups is 2. The highest BCUT2D eigenvalue weighted by Crippen LogP contribution is 2.24. The van der Waals surface area contributed by atoms with E-state index >= 15 is 0 Å². The van der Waals surface area contributed by atoms with Crippen molar-refractivity contribution in [3.63, 3.8) is 0 Å². The van der Waals surface area contributed by atoms with Gasteiger partial charge in [0.05, 0.1) is 30.4 Å². The lowest BCUT2D eigenvalue weighted by Crippen LogP contribution is -2.38. The number of carbonyl (C=O) groups excluding carboxylic acids is 2. The molecule has 0 unspecified atom stereocenters. The van der Waals surface area contributed by atoms with Gasteiger partial charge in [-0.3, -0.25) is 9.59 Å². The van der Waals surface area contributed by atoms with E-state index in [4.69, 9.17) is 4.74 Å². The largest absolute Gasteiger partial charge is 0.497 e. The molecule has 2 aromatic rings. The van der Waals surface area contributed by atoms with E-state index in [-0.39, 0.29) is 24.4 Å². The second-order valence-electron chi connectivity index (χ2n) is 5.38. The minimum atomic E-state index is -0.301. The van der Waals surface area contributed by atoms with Gasteiger partial charge >= 0.3 is 0 Å². The van der Waals surface area contributed by atoms with E-state index in [1.807, 2.05) is 20.8 Å². The Morgan fingerprint density at radius 2 is 1.92 bits per heavy atom. The van der Waals surface area contributed by atoms with E-state index in [9.17, 15) is 9.59 Å². The molecule has 0 saturated carbocycles. The topological polar surface area (TPSA) is 80.3 Å². The Labute approximate surface area is 145 Å². The van der Waals surface area contributed by atoms with Crippen molar-refractivity contribution < 1.29 is 14.3 Å². The van der Waals surface area contributed by atoms with Crippen LogP contribution in [0.2, 0.25) is 0 Å². The number of ether oxygens (including phenoxy) is 1. The van der Waals surface area contributed by atoms with Crippen LogP contribution in [-0.4, -0.2) is 30.5 Å². The van der Waals surface area contributed by atoms with Gasteiger partial charge in [-0.2, -0.15) is 0 Å². The molecule has 6 nitrogen and oxygen atoms in total. The molecule has 0 radical (unpaired) electrons. The number of nitrogens with one attached hydrogen (secondary N) is 2. The van der Waals surface area contributed by atoms with Crippen molar-refractivity contribution in [3.05, 3.63) is 45.4 Å².